The molecule has 1 aromatic carbocycles. The summed E-state index contributed by atoms with van der Waals surface area (Å²) in [5.74, 6) is 0.281. The van der Waals surface area contributed by atoms with Gasteiger partial charge in [0.15, 0.2) is 6.10 Å². The second kappa shape index (κ2) is 4.53. The summed E-state index contributed by atoms with van der Waals surface area (Å²) in [6.07, 6.45) is 1.49. The van der Waals surface area contributed by atoms with Crippen LogP contribution in [-0.2, 0) is 4.79 Å². The topological polar surface area (TPSA) is 52.6 Å². The predicted octanol–water partition coefficient (Wildman–Crippen LogP) is 2.30. The Morgan fingerprint density at radius 3 is 2.79 bits per heavy atom. The number of nitrogens with one attached hydrogen (secondary N) is 1. The van der Waals surface area contributed by atoms with E-state index in [2.05, 4.69) is 24.1 Å². The van der Waals surface area contributed by atoms with Gasteiger partial charge in [0.05, 0.1) is 0 Å². The van der Waals surface area contributed by atoms with Crippen LogP contribution in [-0.4, -0.2) is 23.6 Å². The number of carbonyl (C=O) groups is 1. The molecule has 0 radical (unpaired) electrons. The van der Waals surface area contributed by atoms with Crippen LogP contribution in [0, 0.1) is 5.92 Å². The molecule has 1 saturated carbocycles. The minimum absolute atomic E-state index is 0.325. The standard InChI is InChI=1S/C15H20N2O2/c1-9(2)8-17(10-3-4-10)11-5-6-12-13(7-11)16-15(19)14(12)18/h5-7,9-10,14,18H,3-4,8H2,1-2H3,(H,16,19). The van der Waals surface area contributed by atoms with Crippen LogP contribution in [0.25, 0.3) is 0 Å². The van der Waals surface area contributed by atoms with E-state index in [0.29, 0.717) is 17.5 Å². The minimum Gasteiger partial charge on any atom is -0.378 e. The number of anilines is 2. The largest absolute Gasteiger partial charge is 0.378 e. The van der Waals surface area contributed by atoms with Crippen molar-refractivity contribution in [1.29, 1.82) is 0 Å². The van der Waals surface area contributed by atoms with Gasteiger partial charge in [-0.2, -0.15) is 0 Å². The number of nitrogens with zero attached hydrogens (tertiary/aromatic N) is 1. The fraction of sp³-hybridized carbons (Fsp3) is 0.533. The van der Waals surface area contributed by atoms with E-state index < -0.39 is 6.10 Å². The van der Waals surface area contributed by atoms with E-state index in [1.54, 1.807) is 0 Å². The van der Waals surface area contributed by atoms with Gasteiger partial charge in [-0.15, -0.1) is 0 Å². The number of carbonyl (C=O) groups excluding carboxylic acids is 1. The molecule has 1 aliphatic carbocycles. The lowest BCUT2D eigenvalue weighted by Gasteiger charge is -2.27. The molecule has 1 unspecified atom stereocenters. The molecule has 0 aromatic heterocycles. The van der Waals surface area contributed by atoms with Gasteiger partial charge in [0, 0.05) is 29.5 Å². The van der Waals surface area contributed by atoms with E-state index in [4.69, 9.17) is 0 Å². The molecule has 4 nitrogen and oxygen atoms in total. The van der Waals surface area contributed by atoms with Crippen molar-refractivity contribution < 1.29 is 9.90 Å². The average Bonchev–Trinajstić information content (AvgIpc) is 3.15. The average molecular weight is 260 g/mol. The Hall–Kier alpha value is -1.55. The summed E-state index contributed by atoms with van der Waals surface area (Å²) in [4.78, 5) is 13.9. The first-order valence-electron chi connectivity index (χ1n) is 6.96. The van der Waals surface area contributed by atoms with Crippen LogP contribution in [0.1, 0.15) is 38.4 Å². The summed E-state index contributed by atoms with van der Waals surface area (Å²) >= 11 is 0. The number of benzene rings is 1. The van der Waals surface area contributed by atoms with Crippen molar-refractivity contribution in [3.63, 3.8) is 0 Å². The third-order valence-electron chi connectivity index (χ3n) is 3.72. The summed E-state index contributed by atoms with van der Waals surface area (Å²) in [5.41, 5.74) is 2.59. The lowest BCUT2D eigenvalue weighted by molar-refractivity contribution is -0.123. The quantitative estimate of drug-likeness (QED) is 0.873. The monoisotopic (exact) mass is 260 g/mol. The summed E-state index contributed by atoms with van der Waals surface area (Å²) < 4.78 is 0. The molecular weight excluding hydrogens is 240 g/mol. The van der Waals surface area contributed by atoms with Crippen molar-refractivity contribution in [2.75, 3.05) is 16.8 Å². The SMILES string of the molecule is CC(C)CN(c1ccc2c(c1)NC(=O)C2O)C1CC1. The van der Waals surface area contributed by atoms with Gasteiger partial charge in [0.25, 0.3) is 5.91 Å². The fourth-order valence-corrected chi connectivity index (χ4v) is 2.66. The van der Waals surface area contributed by atoms with E-state index in [-0.39, 0.29) is 5.91 Å². The summed E-state index contributed by atoms with van der Waals surface area (Å²) in [7, 11) is 0. The third kappa shape index (κ3) is 2.32. The molecular formula is C15H20N2O2. The van der Waals surface area contributed by atoms with Gasteiger partial charge in [0.1, 0.15) is 0 Å². The van der Waals surface area contributed by atoms with Crippen molar-refractivity contribution in [1.82, 2.24) is 0 Å². The Labute approximate surface area is 113 Å². The Morgan fingerprint density at radius 2 is 2.16 bits per heavy atom. The second-order valence-electron chi connectivity index (χ2n) is 5.94. The van der Waals surface area contributed by atoms with Gasteiger partial charge in [-0.25, -0.2) is 0 Å². The Morgan fingerprint density at radius 1 is 1.42 bits per heavy atom. The Bertz CT molecular complexity index is 509. The number of hydrogen-bond acceptors (Lipinski definition) is 3. The van der Waals surface area contributed by atoms with Crippen LogP contribution in [0.15, 0.2) is 18.2 Å². The van der Waals surface area contributed by atoms with Crippen molar-refractivity contribution in [2.45, 2.75) is 38.8 Å². The zero-order valence-corrected chi connectivity index (χ0v) is 11.4. The first-order chi connectivity index (χ1) is 9.06. The molecule has 1 fully saturated rings. The molecule has 1 aliphatic heterocycles. The van der Waals surface area contributed by atoms with Gasteiger partial charge in [0.2, 0.25) is 0 Å². The smallest absolute Gasteiger partial charge is 0.257 e. The highest BCUT2D eigenvalue weighted by Gasteiger charge is 2.32. The Balaban J connectivity index is 1.89. The minimum atomic E-state index is -1.01. The second-order valence-corrected chi connectivity index (χ2v) is 5.94. The number of aliphatic hydroxyl groups is 1. The van der Waals surface area contributed by atoms with E-state index in [1.165, 1.54) is 12.8 Å². The van der Waals surface area contributed by atoms with Gasteiger partial charge >= 0.3 is 0 Å². The molecule has 2 N–H and O–H groups in total. The highest BCUT2D eigenvalue weighted by molar-refractivity contribution is 6.02. The van der Waals surface area contributed by atoms with Gasteiger partial charge in [-0.3, -0.25) is 4.79 Å². The normalized spacial score (nSPS) is 21.5. The van der Waals surface area contributed by atoms with E-state index in [1.807, 2.05) is 18.2 Å². The van der Waals surface area contributed by atoms with Crippen LogP contribution in [0.2, 0.25) is 0 Å². The number of fused-ring (bicyclic) bond motifs is 1. The van der Waals surface area contributed by atoms with E-state index >= 15 is 0 Å². The molecule has 1 atom stereocenters. The van der Waals surface area contributed by atoms with E-state index in [0.717, 1.165) is 17.9 Å². The first-order valence-corrected chi connectivity index (χ1v) is 6.96. The maximum atomic E-state index is 11.5. The highest BCUT2D eigenvalue weighted by Crippen LogP contribution is 2.37. The van der Waals surface area contributed by atoms with Crippen molar-refractivity contribution >= 4 is 17.3 Å². The highest BCUT2D eigenvalue weighted by atomic mass is 16.3. The van der Waals surface area contributed by atoms with Crippen molar-refractivity contribution in [3.8, 4) is 0 Å². The van der Waals surface area contributed by atoms with Crippen LogP contribution in [0.3, 0.4) is 0 Å². The number of rotatable bonds is 4. The molecule has 1 heterocycles. The number of amides is 1. The first kappa shape index (κ1) is 12.5. The van der Waals surface area contributed by atoms with Crippen LogP contribution in [0.4, 0.5) is 11.4 Å². The number of hydrogen-bond donors (Lipinski definition) is 2. The predicted molar refractivity (Wildman–Crippen MR) is 75.2 cm³/mol. The zero-order valence-electron chi connectivity index (χ0n) is 11.4. The number of aliphatic hydroxyl groups excluding tert-OH is 1. The maximum absolute atomic E-state index is 11.5. The van der Waals surface area contributed by atoms with Gasteiger partial charge in [-0.1, -0.05) is 19.9 Å². The van der Waals surface area contributed by atoms with Crippen molar-refractivity contribution in [3.05, 3.63) is 23.8 Å². The molecule has 1 aromatic rings. The molecule has 4 heteroatoms. The summed E-state index contributed by atoms with van der Waals surface area (Å²) in [6, 6.07) is 6.51. The molecule has 0 saturated heterocycles. The molecule has 102 valence electrons. The molecule has 19 heavy (non-hydrogen) atoms. The molecule has 0 bridgehead atoms. The zero-order chi connectivity index (χ0) is 13.6. The summed E-state index contributed by atoms with van der Waals surface area (Å²) in [5, 5.41) is 12.5. The van der Waals surface area contributed by atoms with Crippen LogP contribution in [0.5, 0.6) is 0 Å². The molecule has 1 amide bonds. The van der Waals surface area contributed by atoms with E-state index in [9.17, 15) is 9.90 Å². The van der Waals surface area contributed by atoms with Crippen molar-refractivity contribution in [2.24, 2.45) is 5.92 Å². The molecule has 0 spiro atoms. The van der Waals surface area contributed by atoms with Gasteiger partial charge in [-0.05, 0) is 30.9 Å². The molecule has 3 rings (SSSR count). The third-order valence-corrected chi connectivity index (χ3v) is 3.72. The molecule has 2 aliphatic rings. The summed E-state index contributed by atoms with van der Waals surface area (Å²) in [6.45, 7) is 5.46. The van der Waals surface area contributed by atoms with Gasteiger partial charge < -0.3 is 15.3 Å². The lowest BCUT2D eigenvalue weighted by atomic mass is 10.1. The lowest BCUT2D eigenvalue weighted by Crippen LogP contribution is -2.29. The Kier molecular flexibility index (Phi) is 2.97. The van der Waals surface area contributed by atoms with Crippen LogP contribution < -0.4 is 10.2 Å². The van der Waals surface area contributed by atoms with Crippen LogP contribution >= 0.6 is 0 Å². The fourth-order valence-electron chi connectivity index (χ4n) is 2.66. The maximum Gasteiger partial charge on any atom is 0.257 e.